The van der Waals surface area contributed by atoms with Crippen molar-refractivity contribution in [3.05, 3.63) is 83.3 Å². The van der Waals surface area contributed by atoms with Crippen LogP contribution in [0, 0.1) is 23.0 Å². The summed E-state index contributed by atoms with van der Waals surface area (Å²) in [6.45, 7) is 6.40. The Labute approximate surface area is 234 Å². The molecule has 1 aromatic carbocycles. The summed E-state index contributed by atoms with van der Waals surface area (Å²) in [5, 5.41) is 14.2. The maximum absolute atomic E-state index is 14.1. The van der Waals surface area contributed by atoms with Crippen molar-refractivity contribution >= 4 is 11.3 Å². The molecule has 5 rings (SSSR count). The molecule has 0 saturated carbocycles. The molecule has 0 spiro atoms. The van der Waals surface area contributed by atoms with Crippen LogP contribution >= 0.6 is 0 Å². The number of nitrogens with zero attached hydrogens (tertiary/aromatic N) is 7. The van der Waals surface area contributed by atoms with Crippen LogP contribution < -0.4 is 4.90 Å². The van der Waals surface area contributed by atoms with Crippen LogP contribution in [-0.4, -0.2) is 71.2 Å². The van der Waals surface area contributed by atoms with Crippen molar-refractivity contribution in [2.45, 2.75) is 32.2 Å². The van der Waals surface area contributed by atoms with Gasteiger partial charge in [0.05, 0.1) is 17.3 Å². The van der Waals surface area contributed by atoms with Crippen LogP contribution in [0.1, 0.15) is 42.4 Å². The molecule has 9 heteroatoms. The maximum Gasteiger partial charge on any atom is 0.130 e. The summed E-state index contributed by atoms with van der Waals surface area (Å²) in [6.07, 6.45) is 7.74. The van der Waals surface area contributed by atoms with Gasteiger partial charge in [0.25, 0.3) is 0 Å². The molecule has 4 aromatic rings. The van der Waals surface area contributed by atoms with Crippen LogP contribution in [0.5, 0.6) is 0 Å². The van der Waals surface area contributed by atoms with Gasteiger partial charge in [-0.2, -0.15) is 10.4 Å². The molecule has 0 radical (unpaired) electrons. The van der Waals surface area contributed by atoms with Gasteiger partial charge in [-0.1, -0.05) is 6.07 Å². The molecule has 0 unspecified atom stereocenters. The Kier molecular flexibility index (Phi) is 8.38. The van der Waals surface area contributed by atoms with E-state index in [1.54, 1.807) is 6.20 Å². The third-order valence-electron chi connectivity index (χ3n) is 7.95. The van der Waals surface area contributed by atoms with Crippen LogP contribution in [0.4, 0.5) is 14.6 Å². The molecule has 4 heterocycles. The predicted molar refractivity (Wildman–Crippen MR) is 153 cm³/mol. The lowest BCUT2D eigenvalue weighted by Gasteiger charge is -2.29. The zero-order chi connectivity index (χ0) is 28.2. The fourth-order valence-corrected chi connectivity index (χ4v) is 5.50. The van der Waals surface area contributed by atoms with Crippen molar-refractivity contribution in [2.24, 2.45) is 0 Å². The van der Waals surface area contributed by atoms with E-state index in [2.05, 4.69) is 47.2 Å². The molecule has 1 fully saturated rings. The predicted octanol–water partition coefficient (Wildman–Crippen LogP) is 5.31. The average Bonchev–Trinajstić information content (AvgIpc) is 3.39. The topological polar surface area (TPSA) is 63.7 Å². The summed E-state index contributed by atoms with van der Waals surface area (Å²) in [5.41, 5.74) is 4.54. The molecular weight excluding hydrogens is 508 g/mol. The van der Waals surface area contributed by atoms with Crippen molar-refractivity contribution in [3.8, 4) is 17.2 Å². The number of likely N-dealkylation sites (N-methyl/N-ethyl adjacent to an activating group) is 2. The molecule has 0 N–H and O–H groups in total. The third-order valence-corrected chi connectivity index (χ3v) is 7.95. The number of nitriles is 1. The fraction of sp³-hybridized carbons (Fsp3) is 0.387. The average molecular weight is 544 g/mol. The molecule has 1 aliphatic rings. The van der Waals surface area contributed by atoms with Gasteiger partial charge in [-0.15, -0.1) is 0 Å². The number of rotatable bonds is 9. The van der Waals surface area contributed by atoms with Crippen molar-refractivity contribution in [2.75, 3.05) is 51.7 Å². The van der Waals surface area contributed by atoms with Crippen LogP contribution in [0.15, 0.2) is 55.0 Å². The molecule has 0 amide bonds. The Bertz CT molecular complexity index is 1480. The van der Waals surface area contributed by atoms with E-state index in [0.29, 0.717) is 24.6 Å². The second kappa shape index (κ2) is 12.1. The van der Waals surface area contributed by atoms with Crippen LogP contribution in [0.2, 0.25) is 0 Å². The summed E-state index contributed by atoms with van der Waals surface area (Å²) in [6, 6.07) is 12.5. The number of fused-ring (bicyclic) bond motifs is 1. The van der Waals surface area contributed by atoms with Crippen LogP contribution in [0.3, 0.4) is 0 Å². The first-order chi connectivity index (χ1) is 19.4. The monoisotopic (exact) mass is 543 g/mol. The first-order valence-corrected chi connectivity index (χ1v) is 13.8. The van der Waals surface area contributed by atoms with E-state index in [9.17, 15) is 14.0 Å². The Morgan fingerprint density at radius 1 is 1.07 bits per heavy atom. The first-order valence-electron chi connectivity index (χ1n) is 13.8. The molecule has 0 atom stereocenters. The lowest BCUT2D eigenvalue weighted by atomic mass is 9.89. The lowest BCUT2D eigenvalue weighted by molar-refractivity contribution is 0.255. The van der Waals surface area contributed by atoms with Gasteiger partial charge in [-0.25, -0.2) is 18.3 Å². The first kappa shape index (κ1) is 27.7. The highest BCUT2D eigenvalue weighted by atomic mass is 19.1. The molecule has 40 heavy (non-hydrogen) atoms. The van der Waals surface area contributed by atoms with Crippen molar-refractivity contribution < 1.29 is 8.78 Å². The van der Waals surface area contributed by atoms with Gasteiger partial charge in [-0.05, 0) is 88.8 Å². The van der Waals surface area contributed by atoms with Crippen molar-refractivity contribution in [3.63, 3.8) is 0 Å². The van der Waals surface area contributed by atoms with Gasteiger partial charge in [0.2, 0.25) is 0 Å². The number of hydrogen-bond donors (Lipinski definition) is 0. The van der Waals surface area contributed by atoms with E-state index in [0.717, 1.165) is 54.9 Å². The highest BCUT2D eigenvalue weighted by molar-refractivity contribution is 5.84. The van der Waals surface area contributed by atoms with E-state index < -0.39 is 11.6 Å². The zero-order valence-electron chi connectivity index (χ0n) is 23.3. The number of likely N-dealkylation sites (tertiary alicyclic amines) is 1. The van der Waals surface area contributed by atoms with Gasteiger partial charge >= 0.3 is 0 Å². The van der Waals surface area contributed by atoms with Crippen LogP contribution in [0.25, 0.3) is 16.6 Å². The Morgan fingerprint density at radius 3 is 2.48 bits per heavy atom. The van der Waals surface area contributed by atoms with Gasteiger partial charge in [-0.3, -0.25) is 0 Å². The number of pyridine rings is 2. The Hall–Kier alpha value is -3.87. The van der Waals surface area contributed by atoms with Gasteiger partial charge in [0, 0.05) is 55.3 Å². The summed E-state index contributed by atoms with van der Waals surface area (Å²) in [4.78, 5) is 11.2. The molecule has 0 aliphatic carbocycles. The largest absolute Gasteiger partial charge is 0.356 e. The minimum absolute atomic E-state index is 0.0842. The minimum Gasteiger partial charge on any atom is -0.356 e. The minimum atomic E-state index is -0.525. The molecule has 3 aromatic heterocycles. The molecule has 1 aliphatic heterocycles. The summed E-state index contributed by atoms with van der Waals surface area (Å²) in [5.74, 6) is 0.228. The van der Waals surface area contributed by atoms with E-state index in [4.69, 9.17) is 4.98 Å². The summed E-state index contributed by atoms with van der Waals surface area (Å²) in [7, 11) is 4.02. The number of anilines is 1. The summed E-state index contributed by atoms with van der Waals surface area (Å²) < 4.78 is 30.0. The molecule has 208 valence electrons. The van der Waals surface area contributed by atoms with Crippen molar-refractivity contribution in [1.29, 1.82) is 5.26 Å². The number of aromatic nitrogens is 3. The highest BCUT2D eigenvalue weighted by Gasteiger charge is 2.22. The number of piperidine rings is 1. The zero-order valence-corrected chi connectivity index (χ0v) is 23.3. The number of halogens is 2. The van der Waals surface area contributed by atoms with Crippen molar-refractivity contribution in [1.82, 2.24) is 24.4 Å². The highest BCUT2D eigenvalue weighted by Crippen LogP contribution is 2.34. The number of hydrogen-bond acceptors (Lipinski definition) is 6. The normalized spacial score (nSPS) is 14.6. The quantitative estimate of drug-likeness (QED) is 0.285. The number of benzene rings is 1. The second-order valence-corrected chi connectivity index (χ2v) is 10.7. The van der Waals surface area contributed by atoms with Crippen LogP contribution in [-0.2, 0) is 6.54 Å². The maximum atomic E-state index is 14.1. The van der Waals surface area contributed by atoms with Gasteiger partial charge in [0.1, 0.15) is 23.5 Å². The molecule has 0 bridgehead atoms. The Balaban J connectivity index is 1.35. The van der Waals surface area contributed by atoms with E-state index >= 15 is 0 Å². The van der Waals surface area contributed by atoms with E-state index in [1.807, 2.05) is 34.8 Å². The molecule has 1 saturated heterocycles. The van der Waals surface area contributed by atoms with Gasteiger partial charge in [0.15, 0.2) is 0 Å². The second-order valence-electron chi connectivity index (χ2n) is 10.7. The van der Waals surface area contributed by atoms with Gasteiger partial charge < -0.3 is 14.7 Å². The Morgan fingerprint density at radius 2 is 1.82 bits per heavy atom. The molecular formula is C31H35F2N7. The summed E-state index contributed by atoms with van der Waals surface area (Å²) >= 11 is 0. The third kappa shape index (κ3) is 5.83. The lowest BCUT2D eigenvalue weighted by Crippen LogP contribution is -2.33. The van der Waals surface area contributed by atoms with E-state index in [-0.39, 0.29) is 12.1 Å². The SMILES string of the molecule is CCN(CCN(C)Cc1c(F)cccc1F)c1ccc(-c2cc(C3CCN(C)CC3)cn3ncc(C#N)c23)cn1. The fourth-order valence-electron chi connectivity index (χ4n) is 5.50. The smallest absolute Gasteiger partial charge is 0.130 e. The van der Waals surface area contributed by atoms with E-state index in [1.165, 1.54) is 23.8 Å². The standard InChI is InChI=1S/C31H35F2N7/c1-4-39(15-14-38(3)21-27-28(32)6-5-7-29(27)33)30-9-8-23(18-35-30)26-16-24(22-10-12-37(2)13-11-22)20-40-31(26)25(17-34)19-36-40/h5-9,16,18-20,22H,4,10-15,21H2,1-3H3. The molecule has 7 nitrogen and oxygen atoms in total.